The first-order valence-electron chi connectivity index (χ1n) is 12.6. The number of hydrogen-bond acceptors (Lipinski definition) is 6. The number of allylic oxidation sites excluding steroid dienone is 2. The van der Waals surface area contributed by atoms with Gasteiger partial charge in [-0.05, 0) is 60.7 Å². The van der Waals surface area contributed by atoms with Crippen molar-refractivity contribution in [3.8, 4) is 5.75 Å². The minimum atomic E-state index is -1.85. The molecule has 6 rings (SSSR count). The number of alkyl halides is 3. The molecule has 0 radical (unpaired) electrons. The summed E-state index contributed by atoms with van der Waals surface area (Å²) in [6.45, 7) is 3.70. The van der Waals surface area contributed by atoms with E-state index in [1.807, 2.05) is 23.6 Å². The predicted octanol–water partition coefficient (Wildman–Crippen LogP) is 4.98. The molecule has 2 saturated heterocycles. The Morgan fingerprint density at radius 1 is 1.05 bits per heavy atom. The highest BCUT2D eigenvalue weighted by Crippen LogP contribution is 2.65. The normalized spacial score (nSPS) is 33.8. The van der Waals surface area contributed by atoms with Gasteiger partial charge in [0.05, 0.1) is 23.8 Å². The maximum absolute atomic E-state index is 13.9. The molecule has 0 bridgehead atoms. The molecule has 3 heterocycles. The van der Waals surface area contributed by atoms with Gasteiger partial charge in [-0.15, -0.1) is 34.5 Å². The van der Waals surface area contributed by atoms with Crippen LogP contribution >= 0.6 is 50.5 Å². The highest BCUT2D eigenvalue weighted by molar-refractivity contribution is 9.09. The monoisotopic (exact) mass is 650 g/mol. The zero-order chi connectivity index (χ0) is 28.0. The number of benzene rings is 1. The Labute approximate surface area is 247 Å². The van der Waals surface area contributed by atoms with Crippen molar-refractivity contribution in [2.24, 2.45) is 17.8 Å². The topological polar surface area (TPSA) is 95.0 Å². The van der Waals surface area contributed by atoms with Crippen LogP contribution in [-0.4, -0.2) is 53.7 Å². The SMILES string of the molecule is Cc1cc(C2C3=CCC4C(=O)N(Cc5cccs5)C(=O)C4C3CC3(Cl)C(=O)N(CBr)C(=O)C23Cl)cc(C)c1O. The van der Waals surface area contributed by atoms with Gasteiger partial charge in [-0.2, -0.15) is 0 Å². The fourth-order valence-electron chi connectivity index (χ4n) is 7.06. The van der Waals surface area contributed by atoms with Crippen molar-refractivity contribution < 1.29 is 24.3 Å². The van der Waals surface area contributed by atoms with E-state index < -0.39 is 45.2 Å². The van der Waals surface area contributed by atoms with Gasteiger partial charge in [0.15, 0.2) is 9.75 Å². The Morgan fingerprint density at radius 3 is 2.36 bits per heavy atom. The lowest BCUT2D eigenvalue weighted by molar-refractivity contribution is -0.141. The van der Waals surface area contributed by atoms with Crippen LogP contribution in [0.15, 0.2) is 41.3 Å². The number of carbonyl (C=O) groups is 4. The van der Waals surface area contributed by atoms with Crippen LogP contribution in [-0.2, 0) is 25.7 Å². The van der Waals surface area contributed by atoms with Gasteiger partial charge in [-0.3, -0.25) is 29.0 Å². The van der Waals surface area contributed by atoms with Crippen LogP contribution in [0.3, 0.4) is 0 Å². The van der Waals surface area contributed by atoms with Crippen molar-refractivity contribution in [3.05, 3.63) is 62.9 Å². The van der Waals surface area contributed by atoms with Gasteiger partial charge in [0.2, 0.25) is 11.8 Å². The number of carbonyl (C=O) groups excluding carboxylic acids is 4. The summed E-state index contributed by atoms with van der Waals surface area (Å²) in [7, 11) is 0. The lowest BCUT2D eigenvalue weighted by Crippen LogP contribution is -2.60. The molecule has 2 aromatic rings. The van der Waals surface area contributed by atoms with E-state index in [1.165, 1.54) is 16.2 Å². The second-order valence-corrected chi connectivity index (χ2v) is 13.6. The highest BCUT2D eigenvalue weighted by Gasteiger charge is 2.76. The van der Waals surface area contributed by atoms with E-state index in [0.29, 0.717) is 23.1 Å². The third-order valence-corrected chi connectivity index (χ3v) is 11.6. The van der Waals surface area contributed by atoms with Crippen LogP contribution in [0.25, 0.3) is 0 Å². The van der Waals surface area contributed by atoms with Crippen molar-refractivity contribution in [3.63, 3.8) is 0 Å². The molecule has 204 valence electrons. The molecule has 7 nitrogen and oxygen atoms in total. The van der Waals surface area contributed by atoms with Gasteiger partial charge in [-0.1, -0.05) is 45.8 Å². The number of aromatic hydroxyl groups is 1. The number of phenols is 1. The minimum absolute atomic E-state index is 0.0441. The summed E-state index contributed by atoms with van der Waals surface area (Å²) in [5, 5.41) is 12.4. The molecule has 1 N–H and O–H groups in total. The lowest BCUT2D eigenvalue weighted by atomic mass is 9.56. The highest BCUT2D eigenvalue weighted by atomic mass is 79.9. The van der Waals surface area contributed by atoms with Crippen molar-refractivity contribution in [1.82, 2.24) is 9.80 Å². The molecular weight excluding hydrogens is 627 g/mol. The molecule has 1 aromatic carbocycles. The van der Waals surface area contributed by atoms with Crippen molar-refractivity contribution in [1.29, 1.82) is 0 Å². The molecule has 4 amide bonds. The summed E-state index contributed by atoms with van der Waals surface area (Å²) in [5.41, 5.74) is 2.47. The number of imide groups is 2. The fraction of sp³-hybridized carbons (Fsp3) is 0.429. The Balaban J connectivity index is 1.51. The van der Waals surface area contributed by atoms with Crippen LogP contribution in [0.4, 0.5) is 0 Å². The fourth-order valence-corrected chi connectivity index (χ4v) is 9.18. The number of phenolic OH excluding ortho intramolecular Hbond substituents is 1. The molecule has 6 atom stereocenters. The summed E-state index contributed by atoms with van der Waals surface area (Å²) in [5.74, 6) is -4.31. The number of aryl methyl sites for hydroxylation is 2. The van der Waals surface area contributed by atoms with E-state index in [2.05, 4.69) is 15.9 Å². The molecule has 6 unspecified atom stereocenters. The molecular formula is C28H25BrCl2N2O5S. The van der Waals surface area contributed by atoms with E-state index in [-0.39, 0.29) is 36.0 Å². The average molecular weight is 652 g/mol. The molecule has 0 spiro atoms. The van der Waals surface area contributed by atoms with Crippen LogP contribution < -0.4 is 0 Å². The summed E-state index contributed by atoms with van der Waals surface area (Å²) in [6, 6.07) is 7.27. The second kappa shape index (κ2) is 9.16. The van der Waals surface area contributed by atoms with Crippen molar-refractivity contribution >= 4 is 74.1 Å². The third-order valence-electron chi connectivity index (χ3n) is 8.85. The summed E-state index contributed by atoms with van der Waals surface area (Å²) in [6.07, 6.45) is 2.20. The average Bonchev–Trinajstić information content (AvgIpc) is 3.54. The van der Waals surface area contributed by atoms with E-state index in [0.717, 1.165) is 15.4 Å². The number of halogens is 3. The molecule has 1 aromatic heterocycles. The molecule has 2 aliphatic heterocycles. The lowest BCUT2D eigenvalue weighted by Gasteiger charge is -2.51. The zero-order valence-corrected chi connectivity index (χ0v) is 25.0. The zero-order valence-electron chi connectivity index (χ0n) is 21.1. The molecule has 11 heteroatoms. The van der Waals surface area contributed by atoms with Gasteiger partial charge < -0.3 is 5.11 Å². The number of nitrogens with zero attached hydrogens (tertiary/aromatic N) is 2. The Bertz CT molecular complexity index is 1460. The number of likely N-dealkylation sites (tertiary alicyclic amines) is 2. The third kappa shape index (κ3) is 3.52. The van der Waals surface area contributed by atoms with Crippen LogP contribution in [0.5, 0.6) is 5.75 Å². The maximum atomic E-state index is 13.9. The van der Waals surface area contributed by atoms with Gasteiger partial charge in [-0.25, -0.2) is 0 Å². The molecule has 3 fully saturated rings. The summed E-state index contributed by atoms with van der Waals surface area (Å²) >= 11 is 19.2. The summed E-state index contributed by atoms with van der Waals surface area (Å²) in [4.78, 5) is 54.4. The molecule has 2 aliphatic carbocycles. The Kier molecular flexibility index (Phi) is 6.34. The smallest absolute Gasteiger partial charge is 0.254 e. The first-order chi connectivity index (χ1) is 18.5. The van der Waals surface area contributed by atoms with Crippen molar-refractivity contribution in [2.45, 2.75) is 48.9 Å². The largest absolute Gasteiger partial charge is 0.507 e. The van der Waals surface area contributed by atoms with Crippen molar-refractivity contribution in [2.75, 3.05) is 5.45 Å². The summed E-state index contributed by atoms with van der Waals surface area (Å²) < 4.78 is 0. The van der Waals surface area contributed by atoms with Crippen LogP contribution in [0.2, 0.25) is 0 Å². The predicted molar refractivity (Wildman–Crippen MR) is 151 cm³/mol. The maximum Gasteiger partial charge on any atom is 0.254 e. The number of thiophene rings is 1. The van der Waals surface area contributed by atoms with Gasteiger partial charge in [0.25, 0.3) is 11.8 Å². The minimum Gasteiger partial charge on any atom is -0.507 e. The first-order valence-corrected chi connectivity index (χ1v) is 15.4. The number of fused-ring (bicyclic) bond motifs is 4. The van der Waals surface area contributed by atoms with Crippen LogP contribution in [0.1, 0.15) is 40.3 Å². The number of amides is 4. The van der Waals surface area contributed by atoms with E-state index >= 15 is 0 Å². The molecule has 39 heavy (non-hydrogen) atoms. The van der Waals surface area contributed by atoms with Gasteiger partial charge in [0.1, 0.15) is 5.75 Å². The Hall–Kier alpha value is -2.20. The molecule has 4 aliphatic rings. The first kappa shape index (κ1) is 27.0. The standard InChI is InChI=1S/C28H25BrCl2N2O5S/c1-13-8-15(9-14(2)22(13)34)21-17-5-6-18-20(24(36)32(23(18)35)11-16-4-3-7-39-16)19(17)10-27(30)25(37)33(12-29)26(38)28(21,27)31/h3-5,7-9,18-21,34H,6,10-12H2,1-2H3. The van der Waals surface area contributed by atoms with Crippen LogP contribution in [0, 0.1) is 31.6 Å². The van der Waals surface area contributed by atoms with E-state index in [9.17, 15) is 24.3 Å². The van der Waals surface area contributed by atoms with E-state index in [1.54, 1.807) is 26.0 Å². The van der Waals surface area contributed by atoms with Gasteiger partial charge >= 0.3 is 0 Å². The quantitative estimate of drug-likeness (QED) is 0.218. The second-order valence-electron chi connectivity index (χ2n) is 10.8. The number of hydrogen-bond donors (Lipinski definition) is 1. The molecule has 1 saturated carbocycles. The Morgan fingerprint density at radius 2 is 1.74 bits per heavy atom. The van der Waals surface area contributed by atoms with E-state index in [4.69, 9.17) is 23.2 Å². The van der Waals surface area contributed by atoms with Gasteiger partial charge in [0, 0.05) is 10.8 Å². The number of rotatable bonds is 4.